The van der Waals surface area contributed by atoms with Gasteiger partial charge in [-0.2, -0.15) is 13.2 Å². The van der Waals surface area contributed by atoms with Crippen molar-refractivity contribution in [1.29, 1.82) is 0 Å². The highest BCUT2D eigenvalue weighted by Crippen LogP contribution is 2.38. The number of hydrogen-bond acceptors (Lipinski definition) is 2. The van der Waals surface area contributed by atoms with Gasteiger partial charge < -0.3 is 15.5 Å². The minimum absolute atomic E-state index is 0.0505. The van der Waals surface area contributed by atoms with E-state index >= 15 is 0 Å². The van der Waals surface area contributed by atoms with Crippen LogP contribution in [0, 0.1) is 0 Å². The molecule has 2 amide bonds. The van der Waals surface area contributed by atoms with E-state index in [9.17, 15) is 18.0 Å². The number of benzene rings is 1. The first-order valence-corrected chi connectivity index (χ1v) is 8.62. The summed E-state index contributed by atoms with van der Waals surface area (Å²) in [6.45, 7) is 6.25. The van der Waals surface area contributed by atoms with Crippen molar-refractivity contribution in [3.8, 4) is 0 Å². The Morgan fingerprint density at radius 1 is 1.24 bits per heavy atom. The highest BCUT2D eigenvalue weighted by Gasteiger charge is 2.35. The summed E-state index contributed by atoms with van der Waals surface area (Å²) in [5.41, 5.74) is 0.196. The third-order valence-electron chi connectivity index (χ3n) is 5.03. The van der Waals surface area contributed by atoms with Gasteiger partial charge in [0, 0.05) is 31.2 Å². The van der Waals surface area contributed by atoms with Crippen LogP contribution in [0.4, 0.5) is 18.0 Å². The maximum atomic E-state index is 12.6. The van der Waals surface area contributed by atoms with E-state index in [-0.39, 0.29) is 23.5 Å². The second-order valence-electron chi connectivity index (χ2n) is 7.67. The van der Waals surface area contributed by atoms with Crippen molar-refractivity contribution in [3.05, 3.63) is 35.4 Å². The van der Waals surface area contributed by atoms with E-state index in [4.69, 9.17) is 0 Å². The van der Waals surface area contributed by atoms with E-state index in [0.29, 0.717) is 13.1 Å². The molecule has 0 radical (unpaired) electrons. The molecule has 2 N–H and O–H groups in total. The molecular weight excluding hydrogens is 331 g/mol. The molecule has 2 fully saturated rings. The first-order valence-electron chi connectivity index (χ1n) is 8.62. The van der Waals surface area contributed by atoms with Crippen LogP contribution in [0.3, 0.4) is 0 Å². The zero-order valence-corrected chi connectivity index (χ0v) is 14.5. The van der Waals surface area contributed by atoms with Gasteiger partial charge in [-0.25, -0.2) is 4.79 Å². The zero-order chi connectivity index (χ0) is 18.2. The molecule has 1 saturated carbocycles. The summed E-state index contributed by atoms with van der Waals surface area (Å²) < 4.78 is 37.8. The standard InChI is InChI=1S/C18H24F3N3O/c1-17(2)11-24(8-7-22-17)16(25)23-15-9-13(10-15)12-3-5-14(6-4-12)18(19,20)21/h3-6,13,15,22H,7-11H2,1-2H3,(H,23,25). The predicted octanol–water partition coefficient (Wildman–Crippen LogP) is 3.34. The quantitative estimate of drug-likeness (QED) is 0.855. The Bertz CT molecular complexity index is 621. The Balaban J connectivity index is 1.49. The van der Waals surface area contributed by atoms with Crippen LogP contribution in [0.25, 0.3) is 0 Å². The maximum Gasteiger partial charge on any atom is 0.416 e. The molecule has 0 spiro atoms. The van der Waals surface area contributed by atoms with E-state index in [2.05, 4.69) is 24.5 Å². The molecule has 1 aromatic carbocycles. The molecule has 1 aromatic rings. The second-order valence-corrected chi connectivity index (χ2v) is 7.67. The molecule has 0 unspecified atom stereocenters. The number of urea groups is 1. The number of nitrogens with one attached hydrogen (secondary N) is 2. The van der Waals surface area contributed by atoms with Crippen molar-refractivity contribution < 1.29 is 18.0 Å². The highest BCUT2D eigenvalue weighted by molar-refractivity contribution is 5.75. The first-order chi connectivity index (χ1) is 11.6. The number of carbonyl (C=O) groups excluding carboxylic acids is 1. The molecule has 0 aromatic heterocycles. The van der Waals surface area contributed by atoms with Crippen LogP contribution < -0.4 is 10.6 Å². The van der Waals surface area contributed by atoms with Gasteiger partial charge in [-0.3, -0.25) is 0 Å². The normalized spacial score (nSPS) is 26.0. The van der Waals surface area contributed by atoms with E-state index in [1.807, 2.05) is 4.90 Å². The van der Waals surface area contributed by atoms with Gasteiger partial charge in [0.05, 0.1) is 5.56 Å². The monoisotopic (exact) mass is 355 g/mol. The fraction of sp³-hybridized carbons (Fsp3) is 0.611. The van der Waals surface area contributed by atoms with Gasteiger partial charge in [0.1, 0.15) is 0 Å². The van der Waals surface area contributed by atoms with Crippen molar-refractivity contribution in [1.82, 2.24) is 15.5 Å². The van der Waals surface area contributed by atoms with Crippen LogP contribution in [-0.2, 0) is 6.18 Å². The van der Waals surface area contributed by atoms with Gasteiger partial charge in [0.15, 0.2) is 0 Å². The van der Waals surface area contributed by atoms with Gasteiger partial charge >= 0.3 is 12.2 Å². The van der Waals surface area contributed by atoms with Crippen LogP contribution in [0.5, 0.6) is 0 Å². The van der Waals surface area contributed by atoms with E-state index < -0.39 is 11.7 Å². The van der Waals surface area contributed by atoms with Gasteiger partial charge in [0.2, 0.25) is 0 Å². The topological polar surface area (TPSA) is 44.4 Å². The lowest BCUT2D eigenvalue weighted by Crippen LogP contribution is -2.61. The van der Waals surface area contributed by atoms with Crippen molar-refractivity contribution in [2.45, 2.75) is 50.4 Å². The third kappa shape index (κ3) is 4.26. The number of hydrogen-bond donors (Lipinski definition) is 2. The van der Waals surface area contributed by atoms with E-state index in [1.54, 1.807) is 12.1 Å². The molecule has 1 saturated heterocycles. The summed E-state index contributed by atoms with van der Waals surface area (Å²) in [6.07, 6.45) is -2.76. The van der Waals surface area contributed by atoms with Crippen LogP contribution in [-0.4, -0.2) is 42.1 Å². The highest BCUT2D eigenvalue weighted by atomic mass is 19.4. The number of amides is 2. The molecule has 4 nitrogen and oxygen atoms in total. The number of carbonyl (C=O) groups is 1. The molecule has 0 atom stereocenters. The Kier molecular flexibility index (Phi) is 4.70. The number of alkyl halides is 3. The number of halogens is 3. The van der Waals surface area contributed by atoms with E-state index in [0.717, 1.165) is 37.1 Å². The lowest BCUT2D eigenvalue weighted by atomic mass is 9.76. The summed E-state index contributed by atoms with van der Waals surface area (Å²) >= 11 is 0. The fourth-order valence-corrected chi connectivity index (χ4v) is 3.53. The summed E-state index contributed by atoms with van der Waals surface area (Å²) in [7, 11) is 0. The third-order valence-corrected chi connectivity index (χ3v) is 5.03. The lowest BCUT2D eigenvalue weighted by Gasteiger charge is -2.42. The van der Waals surface area contributed by atoms with Crippen molar-refractivity contribution in [2.24, 2.45) is 0 Å². The second kappa shape index (κ2) is 6.52. The van der Waals surface area contributed by atoms with Gasteiger partial charge in [-0.15, -0.1) is 0 Å². The molecule has 7 heteroatoms. The van der Waals surface area contributed by atoms with Gasteiger partial charge in [0.25, 0.3) is 0 Å². The SMILES string of the molecule is CC1(C)CN(C(=O)NC2CC(c3ccc(C(F)(F)F)cc3)C2)CCN1. The molecule has 3 rings (SSSR count). The Labute approximate surface area is 145 Å². The molecule has 2 aliphatic rings. The van der Waals surface area contributed by atoms with Crippen LogP contribution in [0.15, 0.2) is 24.3 Å². The average Bonchev–Trinajstić information content (AvgIpc) is 2.48. The summed E-state index contributed by atoms with van der Waals surface area (Å²) in [5.74, 6) is 0.215. The minimum atomic E-state index is -4.30. The molecule has 1 heterocycles. The largest absolute Gasteiger partial charge is 0.416 e. The average molecular weight is 355 g/mol. The molecular formula is C18H24F3N3O. The number of nitrogens with zero attached hydrogens (tertiary/aromatic N) is 1. The molecule has 1 aliphatic carbocycles. The zero-order valence-electron chi connectivity index (χ0n) is 14.5. The Hall–Kier alpha value is -1.76. The van der Waals surface area contributed by atoms with Crippen molar-refractivity contribution >= 4 is 6.03 Å². The molecule has 1 aliphatic heterocycles. The predicted molar refractivity (Wildman–Crippen MR) is 89.4 cm³/mol. The summed E-state index contributed by atoms with van der Waals surface area (Å²) in [6, 6.07) is 5.39. The van der Waals surface area contributed by atoms with Gasteiger partial charge in [-0.1, -0.05) is 12.1 Å². The lowest BCUT2D eigenvalue weighted by molar-refractivity contribution is -0.137. The smallest absolute Gasteiger partial charge is 0.335 e. The van der Waals surface area contributed by atoms with Crippen LogP contribution in [0.1, 0.15) is 43.7 Å². The van der Waals surface area contributed by atoms with E-state index in [1.165, 1.54) is 0 Å². The summed E-state index contributed by atoms with van der Waals surface area (Å²) in [4.78, 5) is 14.2. The molecule has 25 heavy (non-hydrogen) atoms. The van der Waals surface area contributed by atoms with Crippen molar-refractivity contribution in [2.75, 3.05) is 19.6 Å². The number of piperazine rings is 1. The number of rotatable bonds is 2. The first kappa shape index (κ1) is 18.0. The summed E-state index contributed by atoms with van der Waals surface area (Å²) in [5, 5.41) is 6.40. The molecule has 0 bridgehead atoms. The Morgan fingerprint density at radius 2 is 1.88 bits per heavy atom. The van der Waals surface area contributed by atoms with Crippen LogP contribution >= 0.6 is 0 Å². The fourth-order valence-electron chi connectivity index (χ4n) is 3.53. The van der Waals surface area contributed by atoms with Crippen LogP contribution in [0.2, 0.25) is 0 Å². The Morgan fingerprint density at radius 3 is 2.44 bits per heavy atom. The van der Waals surface area contributed by atoms with Gasteiger partial charge in [-0.05, 0) is 50.3 Å². The molecule has 138 valence electrons. The minimum Gasteiger partial charge on any atom is -0.335 e. The van der Waals surface area contributed by atoms with Crippen molar-refractivity contribution in [3.63, 3.8) is 0 Å². The maximum absolute atomic E-state index is 12.6.